The number of aromatic nitrogens is 4. The van der Waals surface area contributed by atoms with Crippen LogP contribution in [-0.4, -0.2) is 27.4 Å². The molecule has 0 amide bonds. The second-order valence-electron chi connectivity index (χ2n) is 17.7. The number of anilines is 3. The maximum Gasteiger partial charge on any atom is 3.00 e. The molecule has 2 heterocycles. The number of rotatable bonds is 5. The van der Waals surface area contributed by atoms with Crippen molar-refractivity contribution in [3.63, 3.8) is 0 Å². The van der Waals surface area contributed by atoms with Crippen LogP contribution in [0.25, 0.3) is 87.4 Å². The van der Waals surface area contributed by atoms with Crippen molar-refractivity contribution in [2.45, 2.75) is 57.8 Å². The number of benzene rings is 10. The first-order valence-corrected chi connectivity index (χ1v) is 22.3. The number of nitrogens with zero attached hydrogens (tertiary/aromatic N) is 6. The molecule has 0 N–H and O–H groups in total. The molecule has 0 radical (unpaired) electrons. The van der Waals surface area contributed by atoms with Gasteiger partial charge in [0.05, 0.1) is 0 Å². The van der Waals surface area contributed by atoms with Crippen molar-refractivity contribution < 1.29 is 20.1 Å². The van der Waals surface area contributed by atoms with E-state index in [1.54, 1.807) is 0 Å². The van der Waals surface area contributed by atoms with E-state index in [0.717, 1.165) is 38.9 Å². The van der Waals surface area contributed by atoms with Gasteiger partial charge in [-0.2, -0.15) is 40.6 Å². The van der Waals surface area contributed by atoms with Gasteiger partial charge in [0.15, 0.2) is 0 Å². The molecule has 1 aliphatic carbocycles. The zero-order chi connectivity index (χ0) is 42.2. The molecule has 7 heteroatoms. The van der Waals surface area contributed by atoms with Crippen LogP contribution >= 0.6 is 0 Å². The molecule has 13 rings (SSSR count). The van der Waals surface area contributed by atoms with E-state index in [1.807, 2.05) is 6.07 Å². The molecule has 0 spiro atoms. The summed E-state index contributed by atoms with van der Waals surface area (Å²) < 4.78 is 0. The van der Waals surface area contributed by atoms with Crippen molar-refractivity contribution in [1.29, 1.82) is 0 Å². The fourth-order valence-electron chi connectivity index (χ4n) is 10.4. The first kappa shape index (κ1) is 40.3. The molecule has 10 aromatic carbocycles. The van der Waals surface area contributed by atoms with Gasteiger partial charge >= 0.3 is 20.1 Å². The fourth-order valence-corrected chi connectivity index (χ4v) is 10.4. The van der Waals surface area contributed by atoms with Gasteiger partial charge in [0.25, 0.3) is 0 Å². The predicted octanol–water partition coefficient (Wildman–Crippen LogP) is 14.6. The van der Waals surface area contributed by atoms with Crippen LogP contribution in [0.1, 0.15) is 68.9 Å². The minimum atomic E-state index is 0. The van der Waals surface area contributed by atoms with Crippen LogP contribution in [0.5, 0.6) is 0 Å². The van der Waals surface area contributed by atoms with E-state index in [4.69, 9.17) is 0 Å². The molecule has 64 heavy (non-hydrogen) atoms. The first-order valence-electron chi connectivity index (χ1n) is 22.3. The summed E-state index contributed by atoms with van der Waals surface area (Å²) >= 11 is 0. The van der Waals surface area contributed by atoms with E-state index in [-0.39, 0.29) is 20.1 Å². The van der Waals surface area contributed by atoms with Gasteiger partial charge in [0.2, 0.25) is 5.82 Å². The molecule has 11 aromatic rings. The Balaban J connectivity index is 0.000000153. The summed E-state index contributed by atoms with van der Waals surface area (Å²) in [4.78, 5) is 4.50. The van der Waals surface area contributed by atoms with E-state index < -0.39 is 0 Å². The van der Waals surface area contributed by atoms with Crippen molar-refractivity contribution in [3.05, 3.63) is 169 Å². The van der Waals surface area contributed by atoms with Crippen molar-refractivity contribution >= 4 is 81.7 Å². The Labute approximate surface area is 387 Å². The van der Waals surface area contributed by atoms with Crippen molar-refractivity contribution in [1.82, 2.24) is 20.4 Å². The van der Waals surface area contributed by atoms with Crippen molar-refractivity contribution in [3.8, 4) is 22.8 Å². The van der Waals surface area contributed by atoms with Crippen LogP contribution in [0, 0.1) is 18.8 Å². The molecule has 0 saturated heterocycles. The van der Waals surface area contributed by atoms with E-state index in [9.17, 15) is 0 Å². The van der Waals surface area contributed by atoms with E-state index in [1.165, 1.54) is 103 Å². The van der Waals surface area contributed by atoms with Crippen LogP contribution in [0.15, 0.2) is 140 Å². The zero-order valence-corrected chi connectivity index (χ0v) is 38.5. The Hall–Kier alpha value is -6.53. The second kappa shape index (κ2) is 16.2. The first-order chi connectivity index (χ1) is 31.0. The van der Waals surface area contributed by atoms with Gasteiger partial charge in [-0.25, -0.2) is 0 Å². The molecule has 1 saturated carbocycles. The van der Waals surface area contributed by atoms with Crippen LogP contribution in [0.4, 0.5) is 17.1 Å². The van der Waals surface area contributed by atoms with Gasteiger partial charge < -0.3 is 9.80 Å². The van der Waals surface area contributed by atoms with Gasteiger partial charge in [-0.1, -0.05) is 158 Å². The summed E-state index contributed by atoms with van der Waals surface area (Å²) in [6.45, 7) is 6.63. The third-order valence-corrected chi connectivity index (χ3v) is 13.7. The minimum absolute atomic E-state index is 0. The summed E-state index contributed by atoms with van der Waals surface area (Å²) in [7, 11) is 2.13. The van der Waals surface area contributed by atoms with Crippen LogP contribution in [-0.2, 0) is 20.1 Å². The van der Waals surface area contributed by atoms with Gasteiger partial charge in [-0.15, -0.1) is 34.1 Å². The average molecular weight is 1010 g/mol. The quantitative estimate of drug-likeness (QED) is 0.126. The summed E-state index contributed by atoms with van der Waals surface area (Å²) in [6.07, 6.45) is 6.84. The zero-order valence-electron chi connectivity index (χ0n) is 36.1. The SMILES string of the molecule is CC(C)c1c[c-]c(N2[CH-]N(C)c3ccc(C4CCCCC4)cc32)cc1.[Ir+3].[c-]1cc2ccc3cccc4ccc(c1-c1nnc(-c5ccc6ccc7cccc8ccc5c6c78)nn1)c2c34. The molecule has 0 unspecified atom stereocenters. The molecule has 1 fully saturated rings. The van der Waals surface area contributed by atoms with E-state index in [2.05, 4.69) is 203 Å². The maximum absolute atomic E-state index is 4.57. The van der Waals surface area contributed by atoms with Crippen molar-refractivity contribution in [2.24, 2.45) is 0 Å². The smallest absolute Gasteiger partial charge is 0.504 e. The minimum Gasteiger partial charge on any atom is -0.504 e. The normalized spacial score (nSPS) is 14.3. The third-order valence-electron chi connectivity index (χ3n) is 13.7. The van der Waals surface area contributed by atoms with Gasteiger partial charge in [-0.3, -0.25) is 0 Å². The van der Waals surface area contributed by atoms with Crippen LogP contribution in [0.2, 0.25) is 0 Å². The molecule has 0 atom stereocenters. The predicted molar refractivity (Wildman–Crippen MR) is 261 cm³/mol. The molecule has 6 nitrogen and oxygen atoms in total. The van der Waals surface area contributed by atoms with Gasteiger partial charge in [-0.05, 0) is 98.0 Å². The summed E-state index contributed by atoms with van der Waals surface area (Å²) in [5.41, 5.74) is 8.29. The Morgan fingerprint density at radius 3 is 1.81 bits per heavy atom. The topological polar surface area (TPSA) is 58.0 Å². The van der Waals surface area contributed by atoms with Gasteiger partial charge in [0.1, 0.15) is 5.82 Å². The molecule has 0 bridgehead atoms. The Morgan fingerprint density at radius 1 is 0.562 bits per heavy atom. The van der Waals surface area contributed by atoms with E-state index in [0.29, 0.717) is 17.6 Å². The molecular weight excluding hydrogens is 961 g/mol. The maximum atomic E-state index is 4.57. The Kier molecular flexibility index (Phi) is 10.2. The average Bonchev–Trinajstić information content (AvgIpc) is 3.68. The molecule has 2 aliphatic rings. The third kappa shape index (κ3) is 6.72. The van der Waals surface area contributed by atoms with Crippen LogP contribution < -0.4 is 9.80 Å². The molecule has 1 aromatic heterocycles. The number of fused-ring (bicyclic) bond motifs is 1. The van der Waals surface area contributed by atoms with Crippen molar-refractivity contribution in [2.75, 3.05) is 16.8 Å². The summed E-state index contributed by atoms with van der Waals surface area (Å²) in [6, 6.07) is 56.9. The summed E-state index contributed by atoms with van der Waals surface area (Å²) in [5, 5.41) is 32.7. The monoisotopic (exact) mass is 1010 g/mol. The van der Waals surface area contributed by atoms with Gasteiger partial charge in [0, 0.05) is 16.9 Å². The van der Waals surface area contributed by atoms with E-state index >= 15 is 0 Å². The van der Waals surface area contributed by atoms with Crippen LogP contribution in [0.3, 0.4) is 0 Å². The fraction of sp³-hybridized carbons (Fsp3) is 0.175. The standard InChI is InChI=1S/C34H17N4.C23H28N2.Ir/c1-3-19-7-9-23-13-17-27(25-15-11-21(5-1)29(19)31(23)25)33-35-37-34(38-36-33)28-18-14-24-10-8-20-4-2-6-22-12-16-26(28)32(24)30(20)22;1-17(2)18-9-12-21(13-10-18)25-16-24(3)22-14-11-20(15-23(22)25)19-7-5-4-6-8-19;/h1-17H;9-12,14-17,19H,4-8H2,1-3H3;/q-1;-2;+3. The second-order valence-corrected chi connectivity index (χ2v) is 17.7. The summed E-state index contributed by atoms with van der Waals surface area (Å²) in [5.74, 6) is 2.27. The largest absolute Gasteiger partial charge is 3.00 e. The Bertz CT molecular complexity index is 3270. The number of hydrogen-bond acceptors (Lipinski definition) is 6. The molecule has 1 aliphatic heterocycles. The molecular formula is C57H45IrN6. The Morgan fingerprint density at radius 2 is 1.16 bits per heavy atom. The number of hydrogen-bond donors (Lipinski definition) is 0. The molecule has 312 valence electrons.